The van der Waals surface area contributed by atoms with Crippen LogP contribution in [0.15, 0.2) is 0 Å². The third-order valence-electron chi connectivity index (χ3n) is 5.20. The lowest BCUT2D eigenvalue weighted by atomic mass is 9.83. The Labute approximate surface area is 122 Å². The van der Waals surface area contributed by atoms with Crippen molar-refractivity contribution in [1.82, 2.24) is 0 Å². The van der Waals surface area contributed by atoms with E-state index in [1.807, 2.05) is 0 Å². The molecule has 5 unspecified atom stereocenters. The number of carbonyl (C=O) groups is 2. The maximum Gasteiger partial charge on any atom is 0.329 e. The average molecular weight is 318 g/mol. The molecule has 21 heavy (non-hydrogen) atoms. The molecule has 0 radical (unpaired) electrons. The molecule has 5 atom stereocenters. The first-order valence-corrected chi connectivity index (χ1v) is 8.41. The summed E-state index contributed by atoms with van der Waals surface area (Å²) in [5.74, 6) is -0.757. The summed E-state index contributed by atoms with van der Waals surface area (Å²) in [6.07, 6.45) is 1.43. The van der Waals surface area contributed by atoms with Crippen molar-refractivity contribution in [3.63, 3.8) is 0 Å². The molecule has 2 aliphatic carbocycles. The molecule has 3 aliphatic rings. The van der Waals surface area contributed by atoms with E-state index in [1.165, 1.54) is 0 Å². The van der Waals surface area contributed by atoms with Gasteiger partial charge in [-0.25, -0.2) is 0 Å². The van der Waals surface area contributed by atoms with E-state index in [1.54, 1.807) is 0 Å². The molecular weight excluding hydrogens is 300 g/mol. The van der Waals surface area contributed by atoms with Gasteiger partial charge in [-0.3, -0.25) is 14.1 Å². The molecule has 8 heteroatoms. The standard InChI is InChI=1S/C13H18O7S/c1-13(2,21(16,17)18)12(15)19-5-9-6-3-7-8(4-6)11(14)20-10(7)9/h6-10H,3-5H2,1-2H3,(H,16,17,18). The fourth-order valence-corrected chi connectivity index (χ4v) is 4.03. The van der Waals surface area contributed by atoms with Crippen molar-refractivity contribution in [2.45, 2.75) is 37.5 Å². The summed E-state index contributed by atoms with van der Waals surface area (Å²) in [5, 5.41) is 0. The lowest BCUT2D eigenvalue weighted by molar-refractivity contribution is -0.150. The SMILES string of the molecule is CC(C)(C(=O)OCC1C2CC3C(=O)OC1C3C2)S(=O)(=O)O. The van der Waals surface area contributed by atoms with Crippen molar-refractivity contribution in [3.05, 3.63) is 0 Å². The molecule has 0 aromatic rings. The Balaban J connectivity index is 1.65. The molecule has 7 nitrogen and oxygen atoms in total. The smallest absolute Gasteiger partial charge is 0.329 e. The molecule has 118 valence electrons. The maximum atomic E-state index is 11.9. The Bertz CT molecular complexity index is 594. The molecule has 2 saturated carbocycles. The van der Waals surface area contributed by atoms with Crippen molar-refractivity contribution < 1.29 is 32.0 Å². The minimum Gasteiger partial charge on any atom is -0.464 e. The quantitative estimate of drug-likeness (QED) is 0.590. The van der Waals surface area contributed by atoms with E-state index in [0.717, 1.165) is 26.7 Å². The molecule has 0 amide bonds. The zero-order valence-corrected chi connectivity index (χ0v) is 12.6. The van der Waals surface area contributed by atoms with Crippen LogP contribution < -0.4 is 0 Å². The lowest BCUT2D eigenvalue weighted by Crippen LogP contribution is -2.43. The van der Waals surface area contributed by atoms with Crippen LogP contribution in [0.5, 0.6) is 0 Å². The fraction of sp³-hybridized carbons (Fsp3) is 0.846. The van der Waals surface area contributed by atoms with Crippen molar-refractivity contribution in [1.29, 1.82) is 0 Å². The van der Waals surface area contributed by atoms with Crippen LogP contribution in [0.3, 0.4) is 0 Å². The van der Waals surface area contributed by atoms with Crippen LogP contribution in [0.1, 0.15) is 26.7 Å². The summed E-state index contributed by atoms with van der Waals surface area (Å²) in [6, 6.07) is 0. The maximum absolute atomic E-state index is 11.9. The average Bonchev–Trinajstić information content (AvgIpc) is 2.97. The van der Waals surface area contributed by atoms with Crippen LogP contribution in [0.25, 0.3) is 0 Å². The molecule has 1 saturated heterocycles. The number of hydrogen-bond acceptors (Lipinski definition) is 6. The van der Waals surface area contributed by atoms with Gasteiger partial charge >= 0.3 is 11.9 Å². The normalized spacial score (nSPS) is 37.7. The summed E-state index contributed by atoms with van der Waals surface area (Å²) in [6.45, 7) is 2.21. The third kappa shape index (κ3) is 2.07. The van der Waals surface area contributed by atoms with Gasteiger partial charge in [-0.1, -0.05) is 0 Å². The monoisotopic (exact) mass is 318 g/mol. The Morgan fingerprint density at radius 3 is 2.71 bits per heavy atom. The third-order valence-corrected chi connectivity index (χ3v) is 6.65. The van der Waals surface area contributed by atoms with E-state index >= 15 is 0 Å². The zero-order chi connectivity index (χ0) is 15.6. The van der Waals surface area contributed by atoms with Gasteiger partial charge < -0.3 is 9.47 Å². The molecular formula is C13H18O7S. The number of ether oxygens (including phenoxy) is 2. The van der Waals surface area contributed by atoms with Crippen LogP contribution in [-0.4, -0.2) is 42.4 Å². The molecule has 0 aromatic heterocycles. The summed E-state index contributed by atoms with van der Waals surface area (Å²) in [7, 11) is -4.54. The Morgan fingerprint density at radius 2 is 2.10 bits per heavy atom. The molecule has 3 rings (SSSR count). The highest BCUT2D eigenvalue weighted by atomic mass is 32.2. The van der Waals surface area contributed by atoms with Gasteiger partial charge in [0.05, 0.1) is 12.5 Å². The molecule has 2 bridgehead atoms. The zero-order valence-electron chi connectivity index (χ0n) is 11.8. The van der Waals surface area contributed by atoms with Gasteiger partial charge in [0.15, 0.2) is 4.75 Å². The van der Waals surface area contributed by atoms with Crippen LogP contribution in [0.4, 0.5) is 0 Å². The summed E-state index contributed by atoms with van der Waals surface area (Å²) in [5.41, 5.74) is 0. The summed E-state index contributed by atoms with van der Waals surface area (Å²) < 4.78 is 39.8. The number of fused-ring (bicyclic) bond motifs is 1. The summed E-state index contributed by atoms with van der Waals surface area (Å²) in [4.78, 5) is 23.5. The predicted octanol–water partition coefficient (Wildman–Crippen LogP) is 0.394. The van der Waals surface area contributed by atoms with Gasteiger partial charge in [0.1, 0.15) is 6.10 Å². The van der Waals surface area contributed by atoms with Crippen molar-refractivity contribution in [2.24, 2.45) is 23.7 Å². The van der Waals surface area contributed by atoms with E-state index in [-0.39, 0.29) is 42.4 Å². The van der Waals surface area contributed by atoms with E-state index in [4.69, 9.17) is 14.0 Å². The molecule has 1 aliphatic heterocycles. The molecule has 1 N–H and O–H groups in total. The van der Waals surface area contributed by atoms with Crippen molar-refractivity contribution >= 4 is 22.1 Å². The predicted molar refractivity (Wildman–Crippen MR) is 69.7 cm³/mol. The first-order valence-electron chi connectivity index (χ1n) is 6.97. The Kier molecular flexibility index (Phi) is 3.11. The van der Waals surface area contributed by atoms with Crippen molar-refractivity contribution in [2.75, 3.05) is 6.61 Å². The minimum atomic E-state index is -4.54. The minimum absolute atomic E-state index is 0.0128. The molecule has 0 spiro atoms. The topological polar surface area (TPSA) is 107 Å². The number of hydrogen-bond donors (Lipinski definition) is 1. The van der Waals surface area contributed by atoms with Crippen LogP contribution in [0, 0.1) is 23.7 Å². The van der Waals surface area contributed by atoms with Crippen LogP contribution in [0.2, 0.25) is 0 Å². The van der Waals surface area contributed by atoms with Crippen LogP contribution >= 0.6 is 0 Å². The van der Waals surface area contributed by atoms with Gasteiger partial charge in [0, 0.05) is 11.8 Å². The van der Waals surface area contributed by atoms with E-state index in [0.29, 0.717) is 0 Å². The first kappa shape index (κ1) is 14.8. The van der Waals surface area contributed by atoms with E-state index in [2.05, 4.69) is 0 Å². The molecule has 3 fully saturated rings. The van der Waals surface area contributed by atoms with Gasteiger partial charge in [0.2, 0.25) is 0 Å². The number of rotatable bonds is 4. The highest BCUT2D eigenvalue weighted by molar-refractivity contribution is 7.88. The summed E-state index contributed by atoms with van der Waals surface area (Å²) >= 11 is 0. The fourth-order valence-electron chi connectivity index (χ4n) is 3.76. The second-order valence-electron chi connectivity index (χ2n) is 6.65. The lowest BCUT2D eigenvalue weighted by Gasteiger charge is -2.26. The van der Waals surface area contributed by atoms with Gasteiger partial charge in [-0.2, -0.15) is 8.42 Å². The van der Waals surface area contributed by atoms with E-state index < -0.39 is 20.8 Å². The first-order chi connectivity index (χ1) is 9.63. The highest BCUT2D eigenvalue weighted by Gasteiger charge is 2.62. The largest absolute Gasteiger partial charge is 0.464 e. The van der Waals surface area contributed by atoms with Gasteiger partial charge in [-0.05, 0) is 32.6 Å². The molecule has 1 heterocycles. The second kappa shape index (κ2) is 4.42. The van der Waals surface area contributed by atoms with Gasteiger partial charge in [-0.15, -0.1) is 0 Å². The van der Waals surface area contributed by atoms with Crippen molar-refractivity contribution in [3.8, 4) is 0 Å². The second-order valence-corrected chi connectivity index (χ2v) is 8.62. The Hall–Kier alpha value is -1.15. The van der Waals surface area contributed by atoms with Crippen LogP contribution in [-0.2, 0) is 29.2 Å². The molecule has 0 aromatic carbocycles. The van der Waals surface area contributed by atoms with E-state index in [9.17, 15) is 18.0 Å². The number of esters is 2. The number of carbonyl (C=O) groups excluding carboxylic acids is 2. The Morgan fingerprint density at radius 1 is 1.43 bits per heavy atom. The highest BCUT2D eigenvalue weighted by Crippen LogP contribution is 2.57. The van der Waals surface area contributed by atoms with Gasteiger partial charge in [0.25, 0.3) is 10.1 Å².